The van der Waals surface area contributed by atoms with E-state index in [9.17, 15) is 13.2 Å². The van der Waals surface area contributed by atoms with Crippen molar-refractivity contribution in [3.8, 4) is 11.1 Å². The molecule has 0 radical (unpaired) electrons. The Morgan fingerprint density at radius 2 is 1.71 bits per heavy atom. The number of sulfone groups is 1. The average Bonchev–Trinajstić information content (AvgIpc) is 2.89. The molecule has 0 saturated carbocycles. The summed E-state index contributed by atoms with van der Waals surface area (Å²) in [7, 11) is -1.28. The van der Waals surface area contributed by atoms with Gasteiger partial charge in [0.2, 0.25) is 5.95 Å². The number of anilines is 3. The number of fused-ring (bicyclic) bond motifs is 1. The van der Waals surface area contributed by atoms with Crippen LogP contribution in [0, 0.1) is 0 Å². The monoisotopic (exact) mass is 552 g/mol. The number of pyridine rings is 1. The number of hydrogen-bond acceptors (Lipinski definition) is 8. The minimum atomic E-state index is -3.42. The molecule has 9 nitrogen and oxygen atoms in total. The van der Waals surface area contributed by atoms with Gasteiger partial charge in [0.05, 0.1) is 4.90 Å². The van der Waals surface area contributed by atoms with Gasteiger partial charge in [0, 0.05) is 78.1 Å². The van der Waals surface area contributed by atoms with Crippen molar-refractivity contribution in [3.05, 3.63) is 70.1 Å². The van der Waals surface area contributed by atoms with Crippen LogP contribution in [0.4, 0.5) is 17.3 Å². The molecule has 2 aromatic carbocycles. The van der Waals surface area contributed by atoms with Crippen molar-refractivity contribution in [1.82, 2.24) is 19.4 Å². The summed E-state index contributed by atoms with van der Waals surface area (Å²) in [5, 5.41) is 4.09. The van der Waals surface area contributed by atoms with E-state index in [4.69, 9.17) is 11.6 Å². The van der Waals surface area contributed by atoms with Gasteiger partial charge in [0.1, 0.15) is 5.65 Å². The van der Waals surface area contributed by atoms with Crippen LogP contribution in [-0.4, -0.2) is 67.3 Å². The Labute approximate surface area is 226 Å². The SMILES string of the molecule is CCn1c(=O)c(-c2ccc(S(C)(=O)=O)cc2Cl)cc2cnc(Nc3ccc(N4CCN(C)CC4)cc3)nc21. The average molecular weight is 553 g/mol. The van der Waals surface area contributed by atoms with E-state index < -0.39 is 9.84 Å². The molecule has 0 aliphatic carbocycles. The Morgan fingerprint density at radius 3 is 2.34 bits per heavy atom. The normalized spacial score (nSPS) is 14.7. The Bertz CT molecular complexity index is 1660. The Balaban J connectivity index is 1.45. The van der Waals surface area contributed by atoms with E-state index in [0.717, 1.165) is 38.1 Å². The quantitative estimate of drug-likeness (QED) is 0.383. The van der Waals surface area contributed by atoms with E-state index in [0.29, 0.717) is 34.7 Å². The predicted molar refractivity (Wildman–Crippen MR) is 152 cm³/mol. The number of aromatic nitrogens is 3. The molecule has 0 amide bonds. The fourth-order valence-electron chi connectivity index (χ4n) is 4.60. The van der Waals surface area contributed by atoms with Crippen molar-refractivity contribution in [3.63, 3.8) is 0 Å². The summed E-state index contributed by atoms with van der Waals surface area (Å²) in [5.41, 5.74) is 3.07. The lowest BCUT2D eigenvalue weighted by atomic mass is 10.1. The van der Waals surface area contributed by atoms with Crippen LogP contribution < -0.4 is 15.8 Å². The van der Waals surface area contributed by atoms with Gasteiger partial charge in [-0.1, -0.05) is 17.7 Å². The molecule has 1 N–H and O–H groups in total. The molecule has 2 aromatic heterocycles. The molecule has 1 aliphatic heterocycles. The molecule has 1 saturated heterocycles. The summed E-state index contributed by atoms with van der Waals surface area (Å²) in [6.07, 6.45) is 2.78. The van der Waals surface area contributed by atoms with Gasteiger partial charge in [-0.2, -0.15) is 4.98 Å². The zero-order valence-electron chi connectivity index (χ0n) is 21.5. The number of aryl methyl sites for hydroxylation is 1. The second kappa shape index (κ2) is 10.4. The van der Waals surface area contributed by atoms with Crippen LogP contribution in [-0.2, 0) is 16.4 Å². The maximum Gasteiger partial charge on any atom is 0.260 e. The molecule has 0 unspecified atom stereocenters. The largest absolute Gasteiger partial charge is 0.369 e. The first-order chi connectivity index (χ1) is 18.1. The van der Waals surface area contributed by atoms with Gasteiger partial charge in [-0.05, 0) is 56.4 Å². The zero-order valence-corrected chi connectivity index (χ0v) is 23.1. The molecule has 1 aliphatic rings. The molecular weight excluding hydrogens is 524 g/mol. The molecule has 4 aromatic rings. The first-order valence-corrected chi connectivity index (χ1v) is 14.6. The van der Waals surface area contributed by atoms with E-state index in [-0.39, 0.29) is 15.5 Å². The standard InChI is InChI=1S/C27H29ClN6O3S/c1-4-34-25-18(15-23(26(34)35)22-10-9-21(16-24(22)28)38(3,36)37)17-29-27(31-25)30-19-5-7-20(8-6-19)33-13-11-32(2)12-14-33/h5-10,15-17H,4,11-14H2,1-3H3,(H,29,30,31). The molecule has 0 bridgehead atoms. The topological polar surface area (TPSA) is 100 Å². The van der Waals surface area contributed by atoms with Crippen molar-refractivity contribution < 1.29 is 8.42 Å². The lowest BCUT2D eigenvalue weighted by Gasteiger charge is -2.34. The molecule has 0 spiro atoms. The second-order valence-electron chi connectivity index (χ2n) is 9.46. The number of hydrogen-bond donors (Lipinski definition) is 1. The number of benzene rings is 2. The highest BCUT2D eigenvalue weighted by molar-refractivity contribution is 7.90. The Kier molecular flexibility index (Phi) is 7.13. The minimum Gasteiger partial charge on any atom is -0.369 e. The van der Waals surface area contributed by atoms with Crippen LogP contribution in [0.5, 0.6) is 0 Å². The summed E-state index contributed by atoms with van der Waals surface area (Å²) in [6, 6.07) is 14.2. The molecule has 38 heavy (non-hydrogen) atoms. The van der Waals surface area contributed by atoms with Gasteiger partial charge >= 0.3 is 0 Å². The van der Waals surface area contributed by atoms with E-state index in [1.54, 1.807) is 22.9 Å². The predicted octanol–water partition coefficient (Wildman–Crippen LogP) is 4.03. The maximum absolute atomic E-state index is 13.4. The highest BCUT2D eigenvalue weighted by atomic mass is 35.5. The third-order valence-corrected chi connectivity index (χ3v) is 8.22. The summed E-state index contributed by atoms with van der Waals surface area (Å²) >= 11 is 6.41. The molecule has 1 fully saturated rings. The number of rotatable bonds is 6. The van der Waals surface area contributed by atoms with Crippen molar-refractivity contribution in [1.29, 1.82) is 0 Å². The fraction of sp³-hybridized carbons (Fsp3) is 0.296. The summed E-state index contributed by atoms with van der Waals surface area (Å²) in [6.45, 7) is 6.35. The third-order valence-electron chi connectivity index (χ3n) is 6.79. The smallest absolute Gasteiger partial charge is 0.260 e. The first-order valence-electron chi connectivity index (χ1n) is 12.3. The van der Waals surface area contributed by atoms with Crippen molar-refractivity contribution >= 4 is 49.8 Å². The van der Waals surface area contributed by atoms with Crippen LogP contribution in [0.15, 0.2) is 64.4 Å². The van der Waals surface area contributed by atoms with E-state index >= 15 is 0 Å². The van der Waals surface area contributed by atoms with Crippen molar-refractivity contribution in [2.75, 3.05) is 49.7 Å². The minimum absolute atomic E-state index is 0.0958. The van der Waals surface area contributed by atoms with Gasteiger partial charge in [-0.3, -0.25) is 9.36 Å². The van der Waals surface area contributed by atoms with E-state index in [1.807, 2.05) is 19.1 Å². The number of piperazine rings is 1. The van der Waals surface area contributed by atoms with Crippen LogP contribution in [0.1, 0.15) is 6.92 Å². The molecule has 0 atom stereocenters. The highest BCUT2D eigenvalue weighted by Crippen LogP contribution is 2.30. The molecule has 198 valence electrons. The van der Waals surface area contributed by atoms with Gasteiger partial charge in [-0.25, -0.2) is 13.4 Å². The Hall–Kier alpha value is -3.47. The van der Waals surface area contributed by atoms with Crippen LogP contribution >= 0.6 is 11.6 Å². The van der Waals surface area contributed by atoms with Crippen molar-refractivity contribution in [2.24, 2.45) is 0 Å². The van der Waals surface area contributed by atoms with E-state index in [2.05, 4.69) is 44.3 Å². The lowest BCUT2D eigenvalue weighted by molar-refractivity contribution is 0.313. The lowest BCUT2D eigenvalue weighted by Crippen LogP contribution is -2.44. The van der Waals surface area contributed by atoms with Crippen molar-refractivity contribution in [2.45, 2.75) is 18.4 Å². The zero-order chi connectivity index (χ0) is 27.0. The van der Waals surface area contributed by atoms with Crippen LogP contribution in [0.3, 0.4) is 0 Å². The summed E-state index contributed by atoms with van der Waals surface area (Å²) in [5.74, 6) is 0.384. The number of nitrogens with zero attached hydrogens (tertiary/aromatic N) is 5. The number of likely N-dealkylation sites (N-methyl/N-ethyl adjacent to an activating group) is 1. The van der Waals surface area contributed by atoms with Gasteiger partial charge in [0.25, 0.3) is 5.56 Å². The highest BCUT2D eigenvalue weighted by Gasteiger charge is 2.18. The first kappa shape index (κ1) is 26.1. The third kappa shape index (κ3) is 5.24. The summed E-state index contributed by atoms with van der Waals surface area (Å²) in [4.78, 5) is 27.3. The van der Waals surface area contributed by atoms with Gasteiger partial charge in [-0.15, -0.1) is 0 Å². The number of nitrogens with one attached hydrogen (secondary N) is 1. The molecule has 11 heteroatoms. The Morgan fingerprint density at radius 1 is 1.00 bits per heavy atom. The van der Waals surface area contributed by atoms with Crippen LogP contribution in [0.25, 0.3) is 22.2 Å². The van der Waals surface area contributed by atoms with E-state index in [1.165, 1.54) is 17.8 Å². The second-order valence-corrected chi connectivity index (χ2v) is 11.9. The van der Waals surface area contributed by atoms with Gasteiger partial charge < -0.3 is 15.1 Å². The molecule has 5 rings (SSSR count). The molecule has 3 heterocycles. The maximum atomic E-state index is 13.4. The van der Waals surface area contributed by atoms with Gasteiger partial charge in [0.15, 0.2) is 9.84 Å². The number of halogens is 1. The van der Waals surface area contributed by atoms with Crippen LogP contribution in [0.2, 0.25) is 5.02 Å². The summed E-state index contributed by atoms with van der Waals surface area (Å²) < 4.78 is 25.3. The molecular formula is C27H29ClN6O3S. The fourth-order valence-corrected chi connectivity index (χ4v) is 5.59.